The normalized spacial score (nSPS) is 23.8. The SMILES string of the molecule is CC/N=C1/CCCCCN1C. The molecule has 0 bridgehead atoms. The van der Waals surface area contributed by atoms with E-state index < -0.39 is 0 Å². The molecule has 11 heavy (non-hydrogen) atoms. The van der Waals surface area contributed by atoms with Gasteiger partial charge in [-0.25, -0.2) is 0 Å². The van der Waals surface area contributed by atoms with Gasteiger partial charge >= 0.3 is 0 Å². The zero-order valence-corrected chi connectivity index (χ0v) is 7.64. The van der Waals surface area contributed by atoms with E-state index in [9.17, 15) is 0 Å². The van der Waals surface area contributed by atoms with Crippen LogP contribution in [0, 0.1) is 0 Å². The van der Waals surface area contributed by atoms with Gasteiger partial charge in [0.15, 0.2) is 0 Å². The summed E-state index contributed by atoms with van der Waals surface area (Å²) in [5.74, 6) is 1.31. The third-order valence-corrected chi connectivity index (χ3v) is 2.18. The van der Waals surface area contributed by atoms with Gasteiger partial charge in [0.1, 0.15) is 0 Å². The number of likely N-dealkylation sites (tertiary alicyclic amines) is 1. The van der Waals surface area contributed by atoms with Crippen LogP contribution in [0.2, 0.25) is 0 Å². The first-order valence-electron chi connectivity index (χ1n) is 4.59. The zero-order chi connectivity index (χ0) is 8.10. The van der Waals surface area contributed by atoms with Crippen molar-refractivity contribution in [1.29, 1.82) is 0 Å². The van der Waals surface area contributed by atoms with Crippen LogP contribution < -0.4 is 0 Å². The molecule has 0 aromatic rings. The van der Waals surface area contributed by atoms with Crippen LogP contribution in [0.1, 0.15) is 32.6 Å². The van der Waals surface area contributed by atoms with Gasteiger partial charge in [0, 0.05) is 26.6 Å². The summed E-state index contributed by atoms with van der Waals surface area (Å²) in [6.07, 6.45) is 5.21. The summed E-state index contributed by atoms with van der Waals surface area (Å²) in [7, 11) is 2.15. The Morgan fingerprint density at radius 3 is 2.91 bits per heavy atom. The summed E-state index contributed by atoms with van der Waals surface area (Å²) < 4.78 is 0. The molecule has 2 nitrogen and oxygen atoms in total. The summed E-state index contributed by atoms with van der Waals surface area (Å²) >= 11 is 0. The zero-order valence-electron chi connectivity index (χ0n) is 7.64. The lowest BCUT2D eigenvalue weighted by atomic mass is 10.2. The van der Waals surface area contributed by atoms with E-state index in [4.69, 9.17) is 0 Å². The predicted molar refractivity (Wildman–Crippen MR) is 49.1 cm³/mol. The standard InChI is InChI=1S/C9H18N2/c1-3-10-9-7-5-4-6-8-11(9)2/h3-8H2,1-2H3/b10-9-. The number of nitrogens with zero attached hydrogens (tertiary/aromatic N) is 2. The lowest BCUT2D eigenvalue weighted by Crippen LogP contribution is -2.25. The molecular formula is C9H18N2. The smallest absolute Gasteiger partial charge is 0.0986 e. The number of hydrogen-bond acceptors (Lipinski definition) is 1. The number of amidine groups is 1. The largest absolute Gasteiger partial charge is 0.363 e. The molecule has 1 rings (SSSR count). The number of hydrogen-bond donors (Lipinski definition) is 0. The quantitative estimate of drug-likeness (QED) is 0.563. The molecule has 0 atom stereocenters. The monoisotopic (exact) mass is 154 g/mol. The van der Waals surface area contributed by atoms with Gasteiger partial charge in [-0.05, 0) is 19.8 Å². The van der Waals surface area contributed by atoms with E-state index >= 15 is 0 Å². The molecule has 1 aliphatic heterocycles. The van der Waals surface area contributed by atoms with Crippen LogP contribution >= 0.6 is 0 Å². The van der Waals surface area contributed by atoms with Crippen LogP contribution in [-0.2, 0) is 0 Å². The summed E-state index contributed by atoms with van der Waals surface area (Å²) in [6, 6.07) is 0. The molecule has 0 spiro atoms. The van der Waals surface area contributed by atoms with Crippen molar-refractivity contribution in [2.45, 2.75) is 32.6 Å². The maximum Gasteiger partial charge on any atom is 0.0986 e. The Balaban J connectivity index is 2.52. The summed E-state index contributed by atoms with van der Waals surface area (Å²) in [5.41, 5.74) is 0. The van der Waals surface area contributed by atoms with Gasteiger partial charge in [-0.2, -0.15) is 0 Å². The Labute approximate surface area is 69.3 Å². The average molecular weight is 154 g/mol. The lowest BCUT2D eigenvalue weighted by molar-refractivity contribution is 0.493. The van der Waals surface area contributed by atoms with Crippen LogP contribution in [0.15, 0.2) is 4.99 Å². The minimum absolute atomic E-state index is 0.930. The Kier molecular flexibility index (Phi) is 3.40. The Morgan fingerprint density at radius 1 is 1.36 bits per heavy atom. The first-order chi connectivity index (χ1) is 5.34. The highest BCUT2D eigenvalue weighted by Gasteiger charge is 2.09. The van der Waals surface area contributed by atoms with E-state index in [0.717, 1.165) is 6.54 Å². The summed E-state index contributed by atoms with van der Waals surface area (Å²) in [4.78, 5) is 6.77. The molecule has 1 fully saturated rings. The maximum absolute atomic E-state index is 4.47. The van der Waals surface area contributed by atoms with Crippen LogP contribution in [0.25, 0.3) is 0 Å². The molecule has 1 saturated heterocycles. The molecule has 2 heteroatoms. The molecule has 0 aliphatic carbocycles. The molecule has 1 aliphatic rings. The van der Waals surface area contributed by atoms with E-state index in [0.29, 0.717) is 0 Å². The molecule has 0 saturated carbocycles. The van der Waals surface area contributed by atoms with Gasteiger partial charge in [0.2, 0.25) is 0 Å². The first-order valence-corrected chi connectivity index (χ1v) is 4.59. The van der Waals surface area contributed by atoms with Crippen molar-refractivity contribution in [3.8, 4) is 0 Å². The molecule has 0 unspecified atom stereocenters. The van der Waals surface area contributed by atoms with Gasteiger partial charge in [-0.15, -0.1) is 0 Å². The number of rotatable bonds is 1. The van der Waals surface area contributed by atoms with Crippen molar-refractivity contribution in [2.75, 3.05) is 20.1 Å². The van der Waals surface area contributed by atoms with Gasteiger partial charge in [0.05, 0.1) is 5.84 Å². The van der Waals surface area contributed by atoms with E-state index in [-0.39, 0.29) is 0 Å². The van der Waals surface area contributed by atoms with Crippen molar-refractivity contribution >= 4 is 5.84 Å². The average Bonchev–Trinajstić information content (AvgIpc) is 2.18. The van der Waals surface area contributed by atoms with Gasteiger partial charge in [0.25, 0.3) is 0 Å². The van der Waals surface area contributed by atoms with E-state index in [1.807, 2.05) is 0 Å². The number of aliphatic imine (C=N–C) groups is 1. The highest BCUT2D eigenvalue weighted by Crippen LogP contribution is 2.10. The molecule has 0 amide bonds. The van der Waals surface area contributed by atoms with Crippen LogP contribution in [0.4, 0.5) is 0 Å². The molecule has 64 valence electrons. The molecular weight excluding hydrogens is 136 g/mol. The fraction of sp³-hybridized carbons (Fsp3) is 0.889. The minimum Gasteiger partial charge on any atom is -0.363 e. The Hall–Kier alpha value is -0.530. The summed E-state index contributed by atoms with van der Waals surface area (Å²) in [6.45, 7) is 4.23. The topological polar surface area (TPSA) is 15.6 Å². The van der Waals surface area contributed by atoms with Crippen molar-refractivity contribution in [1.82, 2.24) is 4.90 Å². The molecule has 0 aromatic heterocycles. The Morgan fingerprint density at radius 2 is 2.18 bits per heavy atom. The second-order valence-electron chi connectivity index (χ2n) is 3.12. The van der Waals surface area contributed by atoms with Crippen molar-refractivity contribution in [2.24, 2.45) is 4.99 Å². The van der Waals surface area contributed by atoms with Crippen molar-refractivity contribution in [3.63, 3.8) is 0 Å². The third kappa shape index (κ3) is 2.52. The first kappa shape index (κ1) is 8.57. The van der Waals surface area contributed by atoms with Crippen LogP contribution in [0.5, 0.6) is 0 Å². The lowest BCUT2D eigenvalue weighted by Gasteiger charge is -2.17. The molecule has 0 radical (unpaired) electrons. The maximum atomic E-state index is 4.47. The molecule has 0 aromatic carbocycles. The fourth-order valence-electron chi connectivity index (χ4n) is 1.51. The predicted octanol–water partition coefficient (Wildman–Crippen LogP) is 1.91. The third-order valence-electron chi connectivity index (χ3n) is 2.18. The van der Waals surface area contributed by atoms with E-state index in [2.05, 4.69) is 23.9 Å². The fourth-order valence-corrected chi connectivity index (χ4v) is 1.51. The van der Waals surface area contributed by atoms with Crippen molar-refractivity contribution < 1.29 is 0 Å². The van der Waals surface area contributed by atoms with Gasteiger partial charge in [-0.3, -0.25) is 4.99 Å². The van der Waals surface area contributed by atoms with Gasteiger partial charge in [-0.1, -0.05) is 6.42 Å². The highest BCUT2D eigenvalue weighted by atomic mass is 15.2. The van der Waals surface area contributed by atoms with Gasteiger partial charge < -0.3 is 4.90 Å². The van der Waals surface area contributed by atoms with E-state index in [1.165, 1.54) is 38.1 Å². The summed E-state index contributed by atoms with van der Waals surface area (Å²) in [5, 5.41) is 0. The van der Waals surface area contributed by atoms with Crippen molar-refractivity contribution in [3.05, 3.63) is 0 Å². The minimum atomic E-state index is 0.930. The second kappa shape index (κ2) is 4.37. The van der Waals surface area contributed by atoms with Crippen LogP contribution in [0.3, 0.4) is 0 Å². The highest BCUT2D eigenvalue weighted by molar-refractivity contribution is 5.82. The molecule has 0 N–H and O–H groups in total. The molecule has 1 heterocycles. The van der Waals surface area contributed by atoms with E-state index in [1.54, 1.807) is 0 Å². The van der Waals surface area contributed by atoms with Crippen LogP contribution in [-0.4, -0.2) is 30.9 Å². The second-order valence-corrected chi connectivity index (χ2v) is 3.12. The Bertz CT molecular complexity index is 140.